The van der Waals surface area contributed by atoms with E-state index >= 15 is 0 Å². The predicted octanol–water partition coefficient (Wildman–Crippen LogP) is -1.37. The molecule has 17 nitrogen and oxygen atoms in total. The van der Waals surface area contributed by atoms with Crippen LogP contribution in [0.3, 0.4) is 0 Å². The summed E-state index contributed by atoms with van der Waals surface area (Å²) in [6.07, 6.45) is -14.3. The average Bonchev–Trinajstić information content (AvgIpc) is 3.06. The van der Waals surface area contributed by atoms with Crippen LogP contribution in [0.15, 0.2) is 21.3 Å². The van der Waals surface area contributed by atoms with E-state index in [1.54, 1.807) is 0 Å². The molecule has 0 aliphatic carbocycles. The standard InChI is InChI=1S/C29H36O17/c1-37-10-6-12-15(19(33)16-23(38-2)25(39-3)27(41-5)26(40-4)24(16)44-12)13(7-10)45-29-22(36)20(34)18(32)14(46-29)9-43-28-21(35)17(31)11(30)8-42-28/h6-7,11,14,17-18,20-22,28-32,34-36H,8-9H2,1-5H3/t11-,14-,17+,18-,20+,21-,22-,28+,29-/m1/s1. The van der Waals surface area contributed by atoms with Gasteiger partial charge >= 0.3 is 0 Å². The summed E-state index contributed by atoms with van der Waals surface area (Å²) in [4.78, 5) is 14.2. The van der Waals surface area contributed by atoms with Gasteiger partial charge in [-0.05, 0) is 0 Å². The van der Waals surface area contributed by atoms with Crippen LogP contribution in [0.1, 0.15) is 0 Å². The minimum Gasteiger partial charge on any atom is -0.496 e. The van der Waals surface area contributed by atoms with Crippen LogP contribution in [-0.2, 0) is 14.2 Å². The Bertz CT molecular complexity index is 1610. The van der Waals surface area contributed by atoms with Gasteiger partial charge in [0.25, 0.3) is 0 Å². The van der Waals surface area contributed by atoms with Gasteiger partial charge in [0.2, 0.25) is 29.0 Å². The van der Waals surface area contributed by atoms with Crippen molar-refractivity contribution in [3.8, 4) is 34.5 Å². The van der Waals surface area contributed by atoms with Gasteiger partial charge in [0.05, 0.1) is 48.8 Å². The number of fused-ring (bicyclic) bond motifs is 2. The summed E-state index contributed by atoms with van der Waals surface area (Å²) in [6, 6.07) is 2.74. The molecule has 0 unspecified atom stereocenters. The highest BCUT2D eigenvalue weighted by atomic mass is 16.7. The van der Waals surface area contributed by atoms with Crippen molar-refractivity contribution in [2.45, 2.75) is 55.3 Å². The molecule has 0 spiro atoms. The molecule has 3 heterocycles. The minimum absolute atomic E-state index is 0.0259. The van der Waals surface area contributed by atoms with E-state index in [0.717, 1.165) is 0 Å². The molecule has 254 valence electrons. The molecule has 0 bridgehead atoms. The summed E-state index contributed by atoms with van der Waals surface area (Å²) < 4.78 is 55.8. The fourth-order valence-electron chi connectivity index (χ4n) is 5.40. The molecule has 0 amide bonds. The van der Waals surface area contributed by atoms with E-state index in [0.29, 0.717) is 0 Å². The monoisotopic (exact) mass is 656 g/mol. The van der Waals surface area contributed by atoms with Crippen LogP contribution in [0.4, 0.5) is 0 Å². The van der Waals surface area contributed by atoms with E-state index in [1.807, 2.05) is 0 Å². The van der Waals surface area contributed by atoms with Gasteiger partial charge in [-0.25, -0.2) is 0 Å². The van der Waals surface area contributed by atoms with Crippen LogP contribution in [-0.4, -0.2) is 135 Å². The zero-order valence-electron chi connectivity index (χ0n) is 25.4. The van der Waals surface area contributed by atoms with E-state index in [4.69, 9.17) is 47.0 Å². The maximum atomic E-state index is 14.2. The van der Waals surface area contributed by atoms with E-state index in [-0.39, 0.29) is 63.0 Å². The Hall–Kier alpha value is -3.65. The summed E-state index contributed by atoms with van der Waals surface area (Å²) in [5.41, 5.74) is -0.738. The van der Waals surface area contributed by atoms with Gasteiger partial charge in [-0.2, -0.15) is 0 Å². The maximum absolute atomic E-state index is 14.2. The number of benzene rings is 2. The quantitative estimate of drug-likeness (QED) is 0.138. The Morgan fingerprint density at radius 3 is 1.98 bits per heavy atom. The van der Waals surface area contributed by atoms with Gasteiger partial charge < -0.3 is 77.7 Å². The number of hydrogen-bond donors (Lipinski definition) is 6. The van der Waals surface area contributed by atoms with E-state index in [1.165, 1.54) is 47.7 Å². The van der Waals surface area contributed by atoms with Crippen LogP contribution in [0.5, 0.6) is 34.5 Å². The lowest BCUT2D eigenvalue weighted by atomic mass is 9.99. The first-order valence-electron chi connectivity index (χ1n) is 14.0. The molecule has 46 heavy (non-hydrogen) atoms. The first-order chi connectivity index (χ1) is 22.0. The highest BCUT2D eigenvalue weighted by Crippen LogP contribution is 2.51. The topological polar surface area (TPSA) is 235 Å². The summed E-state index contributed by atoms with van der Waals surface area (Å²) in [5, 5.41) is 61.6. The molecular formula is C29H36O17. The van der Waals surface area contributed by atoms with E-state index in [9.17, 15) is 35.4 Å². The van der Waals surface area contributed by atoms with Crippen LogP contribution in [0, 0.1) is 0 Å². The van der Waals surface area contributed by atoms with Crippen LogP contribution >= 0.6 is 0 Å². The number of methoxy groups -OCH3 is 5. The fraction of sp³-hybridized carbons (Fsp3) is 0.552. The van der Waals surface area contributed by atoms with Crippen molar-refractivity contribution in [3.05, 3.63) is 22.4 Å². The van der Waals surface area contributed by atoms with E-state index < -0.39 is 67.3 Å². The molecule has 17 heteroatoms. The van der Waals surface area contributed by atoms with Crippen molar-refractivity contribution in [3.63, 3.8) is 0 Å². The summed E-state index contributed by atoms with van der Waals surface area (Å²) in [6.45, 7) is -0.848. The third-order valence-electron chi connectivity index (χ3n) is 7.83. The molecule has 0 saturated carbocycles. The normalized spacial score (nSPS) is 29.8. The first-order valence-corrected chi connectivity index (χ1v) is 14.0. The summed E-state index contributed by atoms with van der Waals surface area (Å²) in [7, 11) is 6.75. The second-order valence-electron chi connectivity index (χ2n) is 10.5. The lowest BCUT2D eigenvalue weighted by molar-refractivity contribution is -0.307. The summed E-state index contributed by atoms with van der Waals surface area (Å²) in [5.74, 6) is 0.147. The van der Waals surface area contributed by atoms with Gasteiger partial charge in [-0.1, -0.05) is 0 Å². The molecule has 2 fully saturated rings. The molecule has 0 radical (unpaired) electrons. The lowest BCUT2D eigenvalue weighted by Gasteiger charge is -2.41. The number of ether oxygens (including phenoxy) is 9. The molecule has 6 N–H and O–H groups in total. The fourth-order valence-corrected chi connectivity index (χ4v) is 5.40. The second kappa shape index (κ2) is 13.6. The van der Waals surface area contributed by atoms with Gasteiger partial charge in [-0.15, -0.1) is 0 Å². The molecule has 5 rings (SSSR count). The highest BCUT2D eigenvalue weighted by molar-refractivity contribution is 6.02. The Morgan fingerprint density at radius 2 is 1.35 bits per heavy atom. The van der Waals surface area contributed by atoms with Gasteiger partial charge in [0.15, 0.2) is 17.6 Å². The molecular weight excluding hydrogens is 620 g/mol. The minimum atomic E-state index is -1.83. The highest BCUT2D eigenvalue weighted by Gasteiger charge is 2.47. The van der Waals surface area contributed by atoms with Crippen molar-refractivity contribution in [1.82, 2.24) is 0 Å². The van der Waals surface area contributed by atoms with Crippen molar-refractivity contribution < 1.29 is 77.7 Å². The van der Waals surface area contributed by atoms with Crippen molar-refractivity contribution in [2.75, 3.05) is 48.8 Å². The van der Waals surface area contributed by atoms with E-state index in [2.05, 4.69) is 0 Å². The molecule has 2 aromatic carbocycles. The third-order valence-corrected chi connectivity index (χ3v) is 7.83. The van der Waals surface area contributed by atoms with Crippen molar-refractivity contribution >= 4 is 21.9 Å². The van der Waals surface area contributed by atoms with Gasteiger partial charge in [0.1, 0.15) is 70.6 Å². The van der Waals surface area contributed by atoms with Crippen LogP contribution in [0.25, 0.3) is 21.9 Å². The summed E-state index contributed by atoms with van der Waals surface area (Å²) >= 11 is 0. The second-order valence-corrected chi connectivity index (χ2v) is 10.5. The van der Waals surface area contributed by atoms with Crippen molar-refractivity contribution in [1.29, 1.82) is 0 Å². The smallest absolute Gasteiger partial charge is 0.229 e. The molecule has 1 aromatic heterocycles. The first kappa shape index (κ1) is 33.7. The molecule has 2 aliphatic heterocycles. The Kier molecular flexibility index (Phi) is 9.97. The maximum Gasteiger partial charge on any atom is 0.229 e. The number of rotatable bonds is 10. The SMILES string of the molecule is COc1cc(O[C@@H]2O[C@H](CO[C@@H]3OC[C@@H](O)[C@H](O)[C@H]3O)[C@@H](O)[C@H](O)[C@H]2O)c2c(=O)c3c(OC)c(OC)c(OC)c(OC)c3oc2c1. The molecule has 2 saturated heterocycles. The predicted molar refractivity (Wildman–Crippen MR) is 154 cm³/mol. The van der Waals surface area contributed by atoms with Gasteiger partial charge in [0, 0.05) is 12.1 Å². The molecule has 3 aromatic rings. The largest absolute Gasteiger partial charge is 0.496 e. The molecule has 9 atom stereocenters. The lowest BCUT2D eigenvalue weighted by Crippen LogP contribution is -2.61. The Balaban J connectivity index is 1.55. The number of aliphatic hydroxyl groups excluding tert-OH is 6. The van der Waals surface area contributed by atoms with Gasteiger partial charge in [-0.3, -0.25) is 4.79 Å². The number of hydrogen-bond acceptors (Lipinski definition) is 17. The van der Waals surface area contributed by atoms with Crippen LogP contribution in [0.2, 0.25) is 0 Å². The zero-order valence-corrected chi connectivity index (χ0v) is 25.4. The van der Waals surface area contributed by atoms with Crippen LogP contribution < -0.4 is 33.8 Å². The van der Waals surface area contributed by atoms with Crippen molar-refractivity contribution in [2.24, 2.45) is 0 Å². The number of aliphatic hydroxyl groups is 6. The third kappa shape index (κ3) is 5.74. The Morgan fingerprint density at radius 1 is 0.717 bits per heavy atom. The zero-order chi connectivity index (χ0) is 33.4. The Labute approximate surface area is 260 Å². The molecule has 2 aliphatic rings. The average molecular weight is 657 g/mol.